The summed E-state index contributed by atoms with van der Waals surface area (Å²) in [6.07, 6.45) is 3.00. The maximum Gasteiger partial charge on any atom is 0.275 e. The zero-order chi connectivity index (χ0) is 15.6. The molecule has 23 heavy (non-hydrogen) atoms. The molecule has 0 spiro atoms. The summed E-state index contributed by atoms with van der Waals surface area (Å²) in [6.45, 7) is 0. The van der Waals surface area contributed by atoms with Gasteiger partial charge >= 0.3 is 0 Å². The predicted octanol–water partition coefficient (Wildman–Crippen LogP) is 3.45. The third-order valence-electron chi connectivity index (χ3n) is 3.72. The number of hydrogen-bond acceptors (Lipinski definition) is 3. The fourth-order valence-corrected chi connectivity index (χ4v) is 2.65. The van der Waals surface area contributed by atoms with Crippen molar-refractivity contribution in [3.8, 4) is 16.8 Å². The summed E-state index contributed by atoms with van der Waals surface area (Å²) in [7, 11) is 0. The minimum absolute atomic E-state index is 0.193. The maximum absolute atomic E-state index is 12.3. The second kappa shape index (κ2) is 5.50. The first-order valence-corrected chi connectivity index (χ1v) is 7.31. The van der Waals surface area contributed by atoms with E-state index in [0.717, 1.165) is 16.8 Å². The van der Waals surface area contributed by atoms with E-state index in [2.05, 4.69) is 9.97 Å². The molecule has 0 aliphatic rings. The van der Waals surface area contributed by atoms with E-state index in [-0.39, 0.29) is 5.56 Å². The van der Waals surface area contributed by atoms with Crippen LogP contribution in [0.4, 0.5) is 0 Å². The lowest BCUT2D eigenvalue weighted by Crippen LogP contribution is -2.19. The van der Waals surface area contributed by atoms with Gasteiger partial charge in [-0.15, -0.1) is 0 Å². The highest BCUT2D eigenvalue weighted by Crippen LogP contribution is 2.22. The Labute approximate surface area is 132 Å². The standard InChI is InChI=1S/C19H13N3O/c23-18-13-21-17-10-5-11-20-19(17)22(18)16-9-4-8-15(12-16)14-6-2-1-3-7-14/h1-13H. The quantitative estimate of drug-likeness (QED) is 0.569. The molecule has 4 rings (SSSR count). The average molecular weight is 299 g/mol. The number of benzene rings is 2. The van der Waals surface area contributed by atoms with E-state index in [1.807, 2.05) is 66.7 Å². The topological polar surface area (TPSA) is 47.8 Å². The molecular weight excluding hydrogens is 286 g/mol. The number of rotatable bonds is 2. The summed E-state index contributed by atoms with van der Waals surface area (Å²) in [4.78, 5) is 20.8. The van der Waals surface area contributed by atoms with Crippen LogP contribution in [0.3, 0.4) is 0 Å². The van der Waals surface area contributed by atoms with Crippen molar-refractivity contribution in [3.63, 3.8) is 0 Å². The number of pyridine rings is 1. The van der Waals surface area contributed by atoms with Crippen molar-refractivity contribution in [2.45, 2.75) is 0 Å². The van der Waals surface area contributed by atoms with E-state index in [9.17, 15) is 4.79 Å². The van der Waals surface area contributed by atoms with Crippen LogP contribution in [0, 0.1) is 0 Å². The van der Waals surface area contributed by atoms with Crippen LogP contribution in [0.1, 0.15) is 0 Å². The van der Waals surface area contributed by atoms with Crippen LogP contribution in [-0.4, -0.2) is 14.5 Å². The fraction of sp³-hybridized carbons (Fsp3) is 0. The molecule has 0 bridgehead atoms. The van der Waals surface area contributed by atoms with E-state index in [1.54, 1.807) is 10.8 Å². The summed E-state index contributed by atoms with van der Waals surface area (Å²) >= 11 is 0. The van der Waals surface area contributed by atoms with Crippen LogP contribution in [0.15, 0.2) is 83.9 Å². The van der Waals surface area contributed by atoms with Crippen molar-refractivity contribution in [1.29, 1.82) is 0 Å². The van der Waals surface area contributed by atoms with Crippen LogP contribution in [-0.2, 0) is 0 Å². The SMILES string of the molecule is O=c1cnc2cccnc2n1-c1cccc(-c2ccccc2)c1. The Hall–Kier alpha value is -3.27. The normalized spacial score (nSPS) is 10.8. The second-order valence-corrected chi connectivity index (χ2v) is 5.19. The summed E-state index contributed by atoms with van der Waals surface area (Å²) in [5, 5.41) is 0. The Morgan fingerprint density at radius 3 is 2.48 bits per heavy atom. The lowest BCUT2D eigenvalue weighted by atomic mass is 10.1. The molecule has 0 atom stereocenters. The molecule has 4 aromatic rings. The van der Waals surface area contributed by atoms with Gasteiger partial charge in [0.05, 0.1) is 11.9 Å². The molecule has 110 valence electrons. The molecule has 0 N–H and O–H groups in total. The van der Waals surface area contributed by atoms with E-state index >= 15 is 0 Å². The van der Waals surface area contributed by atoms with E-state index in [1.165, 1.54) is 6.20 Å². The molecule has 4 heteroatoms. The van der Waals surface area contributed by atoms with Gasteiger partial charge < -0.3 is 0 Å². The first-order chi connectivity index (χ1) is 11.3. The van der Waals surface area contributed by atoms with Gasteiger partial charge in [-0.2, -0.15) is 0 Å². The van der Waals surface area contributed by atoms with Crippen molar-refractivity contribution < 1.29 is 0 Å². The van der Waals surface area contributed by atoms with E-state index in [0.29, 0.717) is 11.2 Å². The van der Waals surface area contributed by atoms with Crippen molar-refractivity contribution in [2.24, 2.45) is 0 Å². The lowest BCUT2D eigenvalue weighted by molar-refractivity contribution is 0.990. The highest BCUT2D eigenvalue weighted by atomic mass is 16.1. The highest BCUT2D eigenvalue weighted by Gasteiger charge is 2.08. The predicted molar refractivity (Wildman–Crippen MR) is 90.6 cm³/mol. The van der Waals surface area contributed by atoms with Gasteiger partial charge in [-0.3, -0.25) is 9.36 Å². The molecule has 2 aromatic heterocycles. The van der Waals surface area contributed by atoms with Crippen LogP contribution < -0.4 is 5.56 Å². The Morgan fingerprint density at radius 1 is 0.783 bits per heavy atom. The molecule has 0 saturated heterocycles. The monoisotopic (exact) mass is 299 g/mol. The second-order valence-electron chi connectivity index (χ2n) is 5.19. The highest BCUT2D eigenvalue weighted by molar-refractivity contribution is 5.73. The van der Waals surface area contributed by atoms with Gasteiger partial charge in [-0.05, 0) is 35.4 Å². The van der Waals surface area contributed by atoms with E-state index in [4.69, 9.17) is 0 Å². The van der Waals surface area contributed by atoms with Gasteiger partial charge in [0.15, 0.2) is 5.65 Å². The smallest absolute Gasteiger partial charge is 0.267 e. The number of fused-ring (bicyclic) bond motifs is 1. The van der Waals surface area contributed by atoms with Crippen molar-refractivity contribution in [1.82, 2.24) is 14.5 Å². The first kappa shape index (κ1) is 13.4. The van der Waals surface area contributed by atoms with Crippen LogP contribution in [0.5, 0.6) is 0 Å². The van der Waals surface area contributed by atoms with Gasteiger partial charge in [0.1, 0.15) is 5.52 Å². The molecule has 2 aromatic carbocycles. The molecule has 0 aliphatic carbocycles. The number of nitrogens with zero attached hydrogens (tertiary/aromatic N) is 3. The minimum Gasteiger partial charge on any atom is -0.267 e. The minimum atomic E-state index is -0.193. The third kappa shape index (κ3) is 2.40. The molecule has 2 heterocycles. The molecule has 0 aliphatic heterocycles. The summed E-state index contributed by atoms with van der Waals surface area (Å²) < 4.78 is 1.59. The number of aromatic nitrogens is 3. The Balaban J connectivity index is 1.96. The van der Waals surface area contributed by atoms with E-state index < -0.39 is 0 Å². The van der Waals surface area contributed by atoms with Crippen molar-refractivity contribution in [3.05, 3.63) is 89.5 Å². The summed E-state index contributed by atoms with van der Waals surface area (Å²) in [6, 6.07) is 21.6. The third-order valence-corrected chi connectivity index (χ3v) is 3.72. The van der Waals surface area contributed by atoms with Gasteiger partial charge in [-0.25, -0.2) is 9.97 Å². The summed E-state index contributed by atoms with van der Waals surface area (Å²) in [5.74, 6) is 0. The van der Waals surface area contributed by atoms with Gasteiger partial charge in [0.2, 0.25) is 0 Å². The maximum atomic E-state index is 12.3. The van der Waals surface area contributed by atoms with Crippen LogP contribution >= 0.6 is 0 Å². The van der Waals surface area contributed by atoms with Crippen molar-refractivity contribution in [2.75, 3.05) is 0 Å². The Bertz CT molecular complexity index is 1040. The van der Waals surface area contributed by atoms with Crippen LogP contribution in [0.25, 0.3) is 28.0 Å². The van der Waals surface area contributed by atoms with Gasteiger partial charge in [0.25, 0.3) is 5.56 Å². The molecule has 0 saturated carbocycles. The average Bonchev–Trinajstić information content (AvgIpc) is 2.62. The molecule has 0 amide bonds. The molecular formula is C19H13N3O. The Morgan fingerprint density at radius 2 is 1.61 bits per heavy atom. The molecule has 0 unspecified atom stereocenters. The molecule has 4 nitrogen and oxygen atoms in total. The van der Waals surface area contributed by atoms with Crippen molar-refractivity contribution >= 4 is 11.2 Å². The molecule has 0 radical (unpaired) electrons. The van der Waals surface area contributed by atoms with Gasteiger partial charge in [-0.1, -0.05) is 42.5 Å². The zero-order valence-electron chi connectivity index (χ0n) is 12.3. The molecule has 0 fully saturated rings. The number of hydrogen-bond donors (Lipinski definition) is 0. The fourth-order valence-electron chi connectivity index (χ4n) is 2.65. The van der Waals surface area contributed by atoms with Crippen LogP contribution in [0.2, 0.25) is 0 Å². The first-order valence-electron chi connectivity index (χ1n) is 7.31. The largest absolute Gasteiger partial charge is 0.275 e. The lowest BCUT2D eigenvalue weighted by Gasteiger charge is -2.10. The zero-order valence-corrected chi connectivity index (χ0v) is 12.3. The Kier molecular flexibility index (Phi) is 3.20. The van der Waals surface area contributed by atoms with Gasteiger partial charge in [0, 0.05) is 6.20 Å². The summed E-state index contributed by atoms with van der Waals surface area (Å²) in [5.41, 5.74) is 4.00.